The molecule has 1 aromatic carbocycles. The zero-order chi connectivity index (χ0) is 20.3. The van der Waals surface area contributed by atoms with Gasteiger partial charge in [-0.1, -0.05) is 11.2 Å². The summed E-state index contributed by atoms with van der Waals surface area (Å²) in [5.41, 5.74) is 2.34. The Kier molecular flexibility index (Phi) is 5.06. The van der Waals surface area contributed by atoms with E-state index in [1.807, 2.05) is 18.2 Å². The first kappa shape index (κ1) is 18.6. The molecule has 7 nitrogen and oxygen atoms in total. The van der Waals surface area contributed by atoms with E-state index in [1.165, 1.54) is 12.1 Å². The van der Waals surface area contributed by atoms with E-state index in [0.29, 0.717) is 29.8 Å². The maximum Gasteiger partial charge on any atom is 0.230 e. The van der Waals surface area contributed by atoms with Crippen molar-refractivity contribution >= 4 is 0 Å². The van der Waals surface area contributed by atoms with Crippen molar-refractivity contribution in [1.82, 2.24) is 25.0 Å². The first-order valence-corrected chi connectivity index (χ1v) is 9.92. The Labute approximate surface area is 172 Å². The number of aromatic nitrogens is 4. The molecule has 0 atom stereocenters. The molecule has 1 aliphatic rings. The van der Waals surface area contributed by atoms with Gasteiger partial charge in [0.05, 0.1) is 5.69 Å². The van der Waals surface area contributed by atoms with Crippen molar-refractivity contribution in [3.05, 3.63) is 72.3 Å². The topological polar surface area (TPSA) is 81.1 Å². The summed E-state index contributed by atoms with van der Waals surface area (Å²) in [6, 6.07) is 11.8. The van der Waals surface area contributed by atoms with Crippen molar-refractivity contribution in [1.29, 1.82) is 0 Å². The van der Waals surface area contributed by atoms with E-state index in [-0.39, 0.29) is 11.7 Å². The van der Waals surface area contributed by atoms with Crippen LogP contribution in [0, 0.1) is 5.82 Å². The van der Waals surface area contributed by atoms with Crippen LogP contribution in [0.15, 0.2) is 63.9 Å². The van der Waals surface area contributed by atoms with Gasteiger partial charge in [-0.15, -0.1) is 0 Å². The van der Waals surface area contributed by atoms with Crippen LogP contribution >= 0.6 is 0 Å². The predicted octanol–water partition coefficient (Wildman–Crippen LogP) is 4.31. The summed E-state index contributed by atoms with van der Waals surface area (Å²) in [4.78, 5) is 15.7. The molecule has 152 valence electrons. The van der Waals surface area contributed by atoms with Crippen LogP contribution in [0.2, 0.25) is 0 Å². The number of piperidine rings is 1. The highest BCUT2D eigenvalue weighted by Gasteiger charge is 2.26. The Bertz CT molecular complexity index is 1100. The van der Waals surface area contributed by atoms with Crippen LogP contribution in [0.4, 0.5) is 4.39 Å². The number of rotatable bonds is 5. The third kappa shape index (κ3) is 3.99. The number of halogens is 1. The van der Waals surface area contributed by atoms with Crippen molar-refractivity contribution in [2.75, 3.05) is 13.1 Å². The molecule has 5 rings (SSSR count). The van der Waals surface area contributed by atoms with Crippen molar-refractivity contribution < 1.29 is 13.3 Å². The van der Waals surface area contributed by atoms with Crippen LogP contribution in [-0.2, 0) is 6.54 Å². The fraction of sp³-hybridized carbons (Fsp3) is 0.273. The van der Waals surface area contributed by atoms with E-state index < -0.39 is 0 Å². The molecule has 30 heavy (non-hydrogen) atoms. The van der Waals surface area contributed by atoms with E-state index in [2.05, 4.69) is 25.0 Å². The molecule has 4 heterocycles. The van der Waals surface area contributed by atoms with Crippen molar-refractivity contribution in [3.63, 3.8) is 0 Å². The number of benzene rings is 1. The number of pyridine rings is 1. The normalized spacial score (nSPS) is 15.5. The van der Waals surface area contributed by atoms with Gasteiger partial charge in [0.25, 0.3) is 0 Å². The quantitative estimate of drug-likeness (QED) is 0.489. The third-order valence-electron chi connectivity index (χ3n) is 5.30. The van der Waals surface area contributed by atoms with Gasteiger partial charge in [0.2, 0.25) is 17.6 Å². The third-order valence-corrected chi connectivity index (χ3v) is 5.30. The van der Waals surface area contributed by atoms with Crippen molar-refractivity contribution in [3.8, 4) is 23.0 Å². The van der Waals surface area contributed by atoms with E-state index in [9.17, 15) is 4.39 Å². The maximum absolute atomic E-state index is 13.1. The van der Waals surface area contributed by atoms with Crippen LogP contribution in [0.25, 0.3) is 23.0 Å². The molecule has 1 aliphatic heterocycles. The van der Waals surface area contributed by atoms with Crippen molar-refractivity contribution in [2.24, 2.45) is 0 Å². The molecule has 0 amide bonds. The Morgan fingerprint density at radius 3 is 2.63 bits per heavy atom. The molecule has 0 unspecified atom stereocenters. The van der Waals surface area contributed by atoms with Crippen LogP contribution in [-0.4, -0.2) is 38.1 Å². The summed E-state index contributed by atoms with van der Waals surface area (Å²) in [6.45, 7) is 2.52. The number of hydrogen-bond acceptors (Lipinski definition) is 7. The molecule has 1 saturated heterocycles. The number of hydrogen-bond donors (Lipinski definition) is 0. The Hall–Kier alpha value is -3.39. The van der Waals surface area contributed by atoms with Gasteiger partial charge in [0.1, 0.15) is 17.8 Å². The van der Waals surface area contributed by atoms with Gasteiger partial charge in [-0.2, -0.15) is 4.98 Å². The zero-order valence-electron chi connectivity index (χ0n) is 16.2. The van der Waals surface area contributed by atoms with Gasteiger partial charge in [-0.3, -0.25) is 9.88 Å². The first-order chi connectivity index (χ1) is 14.7. The molecule has 0 aliphatic carbocycles. The summed E-state index contributed by atoms with van der Waals surface area (Å²) in [5, 5.41) is 4.08. The Morgan fingerprint density at radius 2 is 1.87 bits per heavy atom. The summed E-state index contributed by atoms with van der Waals surface area (Å²) in [7, 11) is 0. The Balaban J connectivity index is 1.18. The highest BCUT2D eigenvalue weighted by Crippen LogP contribution is 2.29. The molecule has 1 fully saturated rings. The number of oxazole rings is 1. The van der Waals surface area contributed by atoms with Crippen molar-refractivity contribution in [2.45, 2.75) is 25.3 Å². The van der Waals surface area contributed by atoms with Gasteiger partial charge in [-0.05, 0) is 62.3 Å². The molecule has 0 spiro atoms. The van der Waals surface area contributed by atoms with E-state index in [4.69, 9.17) is 8.94 Å². The summed E-state index contributed by atoms with van der Waals surface area (Å²) < 4.78 is 24.1. The average Bonchev–Trinajstić information content (AvgIpc) is 3.46. The summed E-state index contributed by atoms with van der Waals surface area (Å²) in [6.07, 6.45) is 5.26. The molecule has 0 N–H and O–H groups in total. The van der Waals surface area contributed by atoms with Gasteiger partial charge in [0.15, 0.2) is 0 Å². The summed E-state index contributed by atoms with van der Waals surface area (Å²) >= 11 is 0. The van der Waals surface area contributed by atoms with E-state index >= 15 is 0 Å². The largest absolute Gasteiger partial charge is 0.444 e. The SMILES string of the molecule is Fc1ccc(-c2nc(CN3CCC(c4nc(-c5ccccn5)no4)CC3)co2)cc1. The highest BCUT2D eigenvalue weighted by molar-refractivity contribution is 5.52. The number of nitrogens with zero attached hydrogens (tertiary/aromatic N) is 5. The molecular weight excluding hydrogens is 385 g/mol. The smallest absolute Gasteiger partial charge is 0.230 e. The van der Waals surface area contributed by atoms with Gasteiger partial charge in [-0.25, -0.2) is 9.37 Å². The lowest BCUT2D eigenvalue weighted by Gasteiger charge is -2.29. The first-order valence-electron chi connectivity index (χ1n) is 9.92. The average molecular weight is 405 g/mol. The lowest BCUT2D eigenvalue weighted by Crippen LogP contribution is -2.32. The van der Waals surface area contributed by atoms with Crippen LogP contribution in [0.1, 0.15) is 30.3 Å². The van der Waals surface area contributed by atoms with E-state index in [0.717, 1.165) is 37.2 Å². The molecule has 0 saturated carbocycles. The van der Waals surface area contributed by atoms with Crippen LogP contribution < -0.4 is 0 Å². The Morgan fingerprint density at radius 1 is 1.03 bits per heavy atom. The minimum atomic E-state index is -0.276. The number of likely N-dealkylation sites (tertiary alicyclic amines) is 1. The van der Waals surface area contributed by atoms with E-state index in [1.54, 1.807) is 24.6 Å². The molecule has 4 aromatic rings. The second kappa shape index (κ2) is 8.16. The van der Waals surface area contributed by atoms with Gasteiger partial charge in [0, 0.05) is 24.2 Å². The second-order valence-corrected chi connectivity index (χ2v) is 7.37. The molecule has 3 aromatic heterocycles. The summed E-state index contributed by atoms with van der Waals surface area (Å²) in [5.74, 6) is 1.69. The zero-order valence-corrected chi connectivity index (χ0v) is 16.2. The standard InChI is InChI=1S/C22H20FN5O2/c23-17-6-4-15(5-7-17)21-25-18(14-29-21)13-28-11-8-16(9-12-28)22-26-20(27-30-22)19-3-1-2-10-24-19/h1-7,10,14,16H,8-9,11-13H2. The monoisotopic (exact) mass is 405 g/mol. The fourth-order valence-electron chi connectivity index (χ4n) is 3.67. The van der Waals surface area contributed by atoms with Crippen LogP contribution in [0.3, 0.4) is 0 Å². The van der Waals surface area contributed by atoms with Gasteiger partial charge >= 0.3 is 0 Å². The maximum atomic E-state index is 13.1. The lowest BCUT2D eigenvalue weighted by molar-refractivity contribution is 0.186. The van der Waals surface area contributed by atoms with Gasteiger partial charge < -0.3 is 8.94 Å². The molecule has 0 bridgehead atoms. The molecular formula is C22H20FN5O2. The minimum absolute atomic E-state index is 0.248. The predicted molar refractivity (Wildman–Crippen MR) is 107 cm³/mol. The molecule has 0 radical (unpaired) electrons. The lowest BCUT2D eigenvalue weighted by atomic mass is 9.96. The second-order valence-electron chi connectivity index (χ2n) is 7.37. The fourth-order valence-corrected chi connectivity index (χ4v) is 3.67. The highest BCUT2D eigenvalue weighted by atomic mass is 19.1. The minimum Gasteiger partial charge on any atom is -0.444 e. The van der Waals surface area contributed by atoms with Crippen LogP contribution in [0.5, 0.6) is 0 Å². The molecule has 8 heteroatoms.